The Morgan fingerprint density at radius 2 is 1.70 bits per heavy atom. The smallest absolute Gasteiger partial charge is 0.471 e. The molecule has 0 fully saturated rings. The molecule has 0 radical (unpaired) electrons. The zero-order valence-corrected chi connectivity index (χ0v) is 10.3. The van der Waals surface area contributed by atoms with Crippen LogP contribution in [0.3, 0.4) is 0 Å². The molecule has 0 aromatic heterocycles. The van der Waals surface area contributed by atoms with E-state index in [1.54, 1.807) is 0 Å². The Bertz CT molecular complexity index is 512. The van der Waals surface area contributed by atoms with Crippen LogP contribution in [0.5, 0.6) is 0 Å². The Morgan fingerprint density at radius 1 is 1.20 bits per heavy atom. The first-order valence-corrected chi connectivity index (χ1v) is 5.42. The van der Waals surface area contributed by atoms with Gasteiger partial charge in [0.05, 0.1) is 0 Å². The van der Waals surface area contributed by atoms with Crippen molar-refractivity contribution in [3.05, 3.63) is 35.6 Å². The number of halogens is 4. The van der Waals surface area contributed by atoms with Gasteiger partial charge in [0.25, 0.3) is 0 Å². The van der Waals surface area contributed by atoms with Crippen LogP contribution in [0, 0.1) is 5.82 Å². The van der Waals surface area contributed by atoms with Gasteiger partial charge in [-0.3, -0.25) is 4.79 Å². The number of nitrogens with one attached hydrogen (secondary N) is 1. The lowest BCUT2D eigenvalue weighted by molar-refractivity contribution is -0.177. The zero-order chi connectivity index (χ0) is 15.6. The number of benzene rings is 1. The van der Waals surface area contributed by atoms with Crippen LogP contribution in [0.25, 0.3) is 0 Å². The molecule has 4 nitrogen and oxygen atoms in total. The molecule has 1 atom stereocenters. The third-order valence-corrected chi connectivity index (χ3v) is 2.59. The van der Waals surface area contributed by atoms with Gasteiger partial charge in [0, 0.05) is 6.42 Å². The summed E-state index contributed by atoms with van der Waals surface area (Å²) in [6.07, 6.45) is -5.59. The maximum atomic E-state index is 12.7. The van der Waals surface area contributed by atoms with Crippen LogP contribution in [0.15, 0.2) is 24.3 Å². The van der Waals surface area contributed by atoms with Gasteiger partial charge in [-0.1, -0.05) is 12.1 Å². The maximum Gasteiger partial charge on any atom is 0.471 e. The Kier molecular flexibility index (Phi) is 4.36. The number of aliphatic carboxylic acids is 1. The van der Waals surface area contributed by atoms with Crippen molar-refractivity contribution in [2.45, 2.75) is 25.1 Å². The molecule has 1 aromatic rings. The molecule has 0 saturated carbocycles. The normalized spacial score (nSPS) is 14.4. The van der Waals surface area contributed by atoms with Crippen LogP contribution in [0.4, 0.5) is 17.6 Å². The topological polar surface area (TPSA) is 66.4 Å². The van der Waals surface area contributed by atoms with Crippen LogP contribution < -0.4 is 5.32 Å². The van der Waals surface area contributed by atoms with Crippen LogP contribution in [-0.4, -0.2) is 28.7 Å². The zero-order valence-electron chi connectivity index (χ0n) is 10.3. The van der Waals surface area contributed by atoms with Gasteiger partial charge in [0.2, 0.25) is 0 Å². The van der Waals surface area contributed by atoms with E-state index in [1.165, 1.54) is 17.4 Å². The average molecular weight is 293 g/mol. The largest absolute Gasteiger partial charge is 0.480 e. The molecule has 1 amide bonds. The van der Waals surface area contributed by atoms with E-state index in [4.69, 9.17) is 5.11 Å². The Labute approximate surface area is 111 Å². The summed E-state index contributed by atoms with van der Waals surface area (Å²) in [5.41, 5.74) is -1.87. The van der Waals surface area contributed by atoms with Crippen molar-refractivity contribution in [3.63, 3.8) is 0 Å². The maximum absolute atomic E-state index is 12.7. The van der Waals surface area contributed by atoms with Gasteiger partial charge in [-0.25, -0.2) is 9.18 Å². The Hall–Kier alpha value is -2.12. The van der Waals surface area contributed by atoms with E-state index in [1.807, 2.05) is 0 Å². The number of amides is 1. The molecule has 8 heteroatoms. The fourth-order valence-corrected chi connectivity index (χ4v) is 1.51. The second kappa shape index (κ2) is 5.48. The summed E-state index contributed by atoms with van der Waals surface area (Å²) in [5, 5.41) is 10.4. The molecule has 0 heterocycles. The molecule has 0 saturated heterocycles. The lowest BCUT2D eigenvalue weighted by Crippen LogP contribution is -2.57. The van der Waals surface area contributed by atoms with Gasteiger partial charge >= 0.3 is 18.1 Å². The lowest BCUT2D eigenvalue weighted by Gasteiger charge is -2.26. The van der Waals surface area contributed by atoms with E-state index in [2.05, 4.69) is 0 Å². The fourth-order valence-electron chi connectivity index (χ4n) is 1.51. The number of carboxylic acids is 1. The highest BCUT2D eigenvalue weighted by atomic mass is 19.4. The minimum atomic E-state index is -5.18. The second-order valence-electron chi connectivity index (χ2n) is 4.39. The summed E-state index contributed by atoms with van der Waals surface area (Å²) in [7, 11) is 0. The van der Waals surface area contributed by atoms with E-state index < -0.39 is 35.8 Å². The minimum Gasteiger partial charge on any atom is -0.480 e. The molecule has 20 heavy (non-hydrogen) atoms. The third kappa shape index (κ3) is 3.94. The van der Waals surface area contributed by atoms with Crippen molar-refractivity contribution >= 4 is 11.9 Å². The van der Waals surface area contributed by atoms with Crippen molar-refractivity contribution in [2.24, 2.45) is 0 Å². The van der Waals surface area contributed by atoms with Crippen LogP contribution in [-0.2, 0) is 16.0 Å². The molecular formula is C12H11F4NO3. The number of hydrogen-bond acceptors (Lipinski definition) is 2. The monoisotopic (exact) mass is 293 g/mol. The predicted octanol–water partition coefficient (Wildman–Crippen LogP) is 1.89. The van der Waals surface area contributed by atoms with Crippen LogP contribution in [0.1, 0.15) is 12.5 Å². The number of carbonyl (C=O) groups is 2. The van der Waals surface area contributed by atoms with E-state index in [-0.39, 0.29) is 5.56 Å². The van der Waals surface area contributed by atoms with Crippen LogP contribution >= 0.6 is 0 Å². The summed E-state index contributed by atoms with van der Waals surface area (Å²) >= 11 is 0. The second-order valence-corrected chi connectivity index (χ2v) is 4.39. The van der Waals surface area contributed by atoms with Crippen molar-refractivity contribution in [1.29, 1.82) is 0 Å². The third-order valence-electron chi connectivity index (χ3n) is 2.59. The summed E-state index contributed by atoms with van der Waals surface area (Å²) in [6.45, 7) is 0.947. The minimum absolute atomic E-state index is 0.277. The molecular weight excluding hydrogens is 282 g/mol. The van der Waals surface area contributed by atoms with Gasteiger partial charge in [-0.2, -0.15) is 13.2 Å². The van der Waals surface area contributed by atoms with Gasteiger partial charge in [0.15, 0.2) is 0 Å². The van der Waals surface area contributed by atoms with Crippen molar-refractivity contribution in [3.8, 4) is 0 Å². The molecule has 110 valence electrons. The summed E-state index contributed by atoms with van der Waals surface area (Å²) in [6, 6.07) is 4.55. The van der Waals surface area contributed by atoms with Crippen molar-refractivity contribution in [1.82, 2.24) is 5.32 Å². The van der Waals surface area contributed by atoms with Gasteiger partial charge in [-0.05, 0) is 24.6 Å². The summed E-state index contributed by atoms with van der Waals surface area (Å²) in [4.78, 5) is 22.0. The number of carbonyl (C=O) groups excluding carboxylic acids is 1. The molecule has 0 aliphatic carbocycles. The van der Waals surface area contributed by atoms with Gasteiger partial charge in [0.1, 0.15) is 11.4 Å². The highest BCUT2D eigenvalue weighted by Gasteiger charge is 2.45. The van der Waals surface area contributed by atoms with E-state index >= 15 is 0 Å². The first kappa shape index (κ1) is 15.9. The van der Waals surface area contributed by atoms with Gasteiger partial charge < -0.3 is 10.4 Å². The molecule has 0 bridgehead atoms. The molecule has 1 unspecified atom stereocenters. The molecule has 0 aliphatic heterocycles. The Morgan fingerprint density at radius 3 is 2.10 bits per heavy atom. The quantitative estimate of drug-likeness (QED) is 0.833. The lowest BCUT2D eigenvalue weighted by atomic mass is 9.92. The molecule has 0 aliphatic rings. The number of alkyl halides is 3. The number of rotatable bonds is 4. The first-order chi connectivity index (χ1) is 9.04. The van der Waals surface area contributed by atoms with E-state index in [9.17, 15) is 27.2 Å². The van der Waals surface area contributed by atoms with Crippen LogP contribution in [0.2, 0.25) is 0 Å². The van der Waals surface area contributed by atoms with E-state index in [0.29, 0.717) is 0 Å². The SMILES string of the molecule is CC(Cc1ccc(F)cc1)(NC(=O)C(F)(F)F)C(=O)O. The fraction of sp³-hybridized carbons (Fsp3) is 0.333. The number of hydrogen-bond donors (Lipinski definition) is 2. The molecule has 1 rings (SSSR count). The van der Waals surface area contributed by atoms with E-state index in [0.717, 1.165) is 19.1 Å². The van der Waals surface area contributed by atoms with Crippen molar-refractivity contribution < 1.29 is 32.3 Å². The van der Waals surface area contributed by atoms with Gasteiger partial charge in [-0.15, -0.1) is 0 Å². The molecule has 0 spiro atoms. The summed E-state index contributed by atoms with van der Waals surface area (Å²) < 4.78 is 49.2. The Balaban J connectivity index is 2.95. The summed E-state index contributed by atoms with van der Waals surface area (Å²) in [5.74, 6) is -4.53. The molecule has 1 aromatic carbocycles. The molecule has 2 N–H and O–H groups in total. The number of carboxylic acid groups (broad SMARTS) is 1. The average Bonchev–Trinajstić information content (AvgIpc) is 2.30. The highest BCUT2D eigenvalue weighted by Crippen LogP contribution is 2.19. The first-order valence-electron chi connectivity index (χ1n) is 5.42. The standard InChI is InChI=1S/C12H11F4NO3/c1-11(10(19)20,17-9(18)12(14,15)16)6-7-2-4-8(13)5-3-7/h2-5H,6H2,1H3,(H,17,18)(H,19,20). The van der Waals surface area contributed by atoms with Crippen molar-refractivity contribution in [2.75, 3.05) is 0 Å². The predicted molar refractivity (Wildman–Crippen MR) is 60.3 cm³/mol. The highest BCUT2D eigenvalue weighted by molar-refractivity contribution is 5.89.